The van der Waals surface area contributed by atoms with E-state index in [4.69, 9.17) is 4.74 Å². The molecular weight excluding hydrogens is 292 g/mol. The Hall–Kier alpha value is -3.08. The summed E-state index contributed by atoms with van der Waals surface area (Å²) < 4.78 is 5.19. The number of methoxy groups -OCH3 is 1. The predicted molar refractivity (Wildman–Crippen MR) is 88.7 cm³/mol. The number of phenolic OH excluding ortho intramolecular Hbond substituents is 1. The van der Waals surface area contributed by atoms with Crippen LogP contribution in [0.3, 0.4) is 0 Å². The lowest BCUT2D eigenvalue weighted by molar-refractivity contribution is 0.412. The standard InChI is InChI=1S/C18H16N2O3/c1-11-9-17(22)20-18(19-11)13-5-3-12(4-6-13)15-10-14(23-2)7-8-16(15)21/h3-10,21H,1-2H3,(H,19,20,22). The number of ether oxygens (including phenoxy) is 1. The third kappa shape index (κ3) is 3.08. The number of H-pyrrole nitrogens is 1. The van der Waals surface area contributed by atoms with Crippen molar-refractivity contribution in [1.29, 1.82) is 0 Å². The normalized spacial score (nSPS) is 10.5. The monoisotopic (exact) mass is 308 g/mol. The van der Waals surface area contributed by atoms with E-state index in [-0.39, 0.29) is 11.3 Å². The zero-order valence-corrected chi connectivity index (χ0v) is 12.8. The Morgan fingerprint density at radius 1 is 1.04 bits per heavy atom. The van der Waals surface area contributed by atoms with E-state index in [1.807, 2.05) is 24.3 Å². The Morgan fingerprint density at radius 3 is 2.39 bits per heavy atom. The summed E-state index contributed by atoms with van der Waals surface area (Å²) in [6.07, 6.45) is 0. The molecule has 0 bridgehead atoms. The smallest absolute Gasteiger partial charge is 0.251 e. The highest BCUT2D eigenvalue weighted by molar-refractivity contribution is 5.73. The highest BCUT2D eigenvalue weighted by Gasteiger charge is 2.08. The molecule has 0 unspecified atom stereocenters. The molecule has 0 atom stereocenters. The maximum atomic E-state index is 11.5. The number of nitrogens with zero attached hydrogens (tertiary/aromatic N) is 1. The van der Waals surface area contributed by atoms with Crippen LogP contribution in [-0.4, -0.2) is 22.2 Å². The number of rotatable bonds is 3. The van der Waals surface area contributed by atoms with Gasteiger partial charge in [-0.2, -0.15) is 0 Å². The Balaban J connectivity index is 2.01. The van der Waals surface area contributed by atoms with E-state index in [2.05, 4.69) is 9.97 Å². The van der Waals surface area contributed by atoms with Crippen molar-refractivity contribution in [2.75, 3.05) is 7.11 Å². The zero-order chi connectivity index (χ0) is 16.4. The molecule has 0 saturated carbocycles. The van der Waals surface area contributed by atoms with E-state index < -0.39 is 0 Å². The minimum Gasteiger partial charge on any atom is -0.507 e. The number of hydrogen-bond donors (Lipinski definition) is 2. The maximum absolute atomic E-state index is 11.5. The predicted octanol–water partition coefficient (Wildman–Crippen LogP) is 3.13. The van der Waals surface area contributed by atoms with Gasteiger partial charge in [-0.1, -0.05) is 24.3 Å². The van der Waals surface area contributed by atoms with Crippen molar-refractivity contribution in [3.8, 4) is 34.0 Å². The average molecular weight is 308 g/mol. The van der Waals surface area contributed by atoms with Gasteiger partial charge in [0, 0.05) is 22.9 Å². The van der Waals surface area contributed by atoms with Crippen molar-refractivity contribution in [2.45, 2.75) is 6.92 Å². The molecule has 5 nitrogen and oxygen atoms in total. The van der Waals surface area contributed by atoms with Crippen molar-refractivity contribution in [2.24, 2.45) is 0 Å². The number of hydrogen-bond acceptors (Lipinski definition) is 4. The molecule has 3 aromatic rings. The molecule has 0 aliphatic rings. The second-order valence-corrected chi connectivity index (χ2v) is 5.20. The van der Waals surface area contributed by atoms with Crippen molar-refractivity contribution in [1.82, 2.24) is 9.97 Å². The van der Waals surface area contributed by atoms with Crippen LogP contribution < -0.4 is 10.3 Å². The molecule has 2 aromatic carbocycles. The summed E-state index contributed by atoms with van der Waals surface area (Å²) in [4.78, 5) is 18.6. The lowest BCUT2D eigenvalue weighted by atomic mass is 10.0. The van der Waals surface area contributed by atoms with Crippen molar-refractivity contribution in [3.05, 3.63) is 64.6 Å². The fourth-order valence-electron chi connectivity index (χ4n) is 2.40. The van der Waals surface area contributed by atoms with Gasteiger partial charge in [-0.25, -0.2) is 4.98 Å². The number of benzene rings is 2. The van der Waals surface area contributed by atoms with Gasteiger partial charge >= 0.3 is 0 Å². The molecule has 0 aliphatic heterocycles. The first-order chi connectivity index (χ1) is 11.1. The van der Waals surface area contributed by atoms with Crippen LogP contribution in [0, 0.1) is 6.92 Å². The quantitative estimate of drug-likeness (QED) is 0.779. The van der Waals surface area contributed by atoms with E-state index in [9.17, 15) is 9.90 Å². The Morgan fingerprint density at radius 2 is 1.74 bits per heavy atom. The Bertz CT molecular complexity index is 899. The van der Waals surface area contributed by atoms with E-state index >= 15 is 0 Å². The number of aromatic nitrogens is 2. The minimum absolute atomic E-state index is 0.179. The molecule has 23 heavy (non-hydrogen) atoms. The number of aromatic hydroxyl groups is 1. The fraction of sp³-hybridized carbons (Fsp3) is 0.111. The molecule has 0 radical (unpaired) electrons. The van der Waals surface area contributed by atoms with Gasteiger partial charge < -0.3 is 14.8 Å². The molecule has 0 amide bonds. The summed E-state index contributed by atoms with van der Waals surface area (Å²) in [6.45, 7) is 1.78. The fourth-order valence-corrected chi connectivity index (χ4v) is 2.40. The van der Waals surface area contributed by atoms with Gasteiger partial charge in [0.05, 0.1) is 7.11 Å². The van der Waals surface area contributed by atoms with Crippen molar-refractivity contribution >= 4 is 0 Å². The first-order valence-corrected chi connectivity index (χ1v) is 7.12. The summed E-state index contributed by atoms with van der Waals surface area (Å²) in [5.74, 6) is 1.38. The van der Waals surface area contributed by atoms with Crippen LogP contribution >= 0.6 is 0 Å². The van der Waals surface area contributed by atoms with Crippen LogP contribution in [0.15, 0.2) is 53.3 Å². The Labute approximate surface area is 133 Å². The summed E-state index contributed by atoms with van der Waals surface area (Å²) in [7, 11) is 1.58. The van der Waals surface area contributed by atoms with E-state index in [1.165, 1.54) is 6.07 Å². The summed E-state index contributed by atoms with van der Waals surface area (Å²) >= 11 is 0. The first kappa shape index (κ1) is 14.8. The molecule has 0 saturated heterocycles. The van der Waals surface area contributed by atoms with E-state index in [0.29, 0.717) is 22.8 Å². The highest BCUT2D eigenvalue weighted by Crippen LogP contribution is 2.33. The molecule has 2 N–H and O–H groups in total. The summed E-state index contributed by atoms with van der Waals surface area (Å²) in [5, 5.41) is 10.0. The molecule has 0 spiro atoms. The third-order valence-electron chi connectivity index (χ3n) is 3.54. The van der Waals surface area contributed by atoms with Crippen LogP contribution in [0.2, 0.25) is 0 Å². The van der Waals surface area contributed by atoms with E-state index in [1.54, 1.807) is 32.2 Å². The molecule has 3 rings (SSSR count). The zero-order valence-electron chi connectivity index (χ0n) is 12.8. The van der Waals surface area contributed by atoms with Gasteiger partial charge in [0.2, 0.25) is 0 Å². The minimum atomic E-state index is -0.179. The van der Waals surface area contributed by atoms with Gasteiger partial charge in [-0.05, 0) is 30.7 Å². The van der Waals surface area contributed by atoms with Crippen molar-refractivity contribution < 1.29 is 9.84 Å². The molecule has 1 heterocycles. The lowest BCUT2D eigenvalue weighted by Gasteiger charge is -2.08. The first-order valence-electron chi connectivity index (χ1n) is 7.12. The van der Waals surface area contributed by atoms with Crippen LogP contribution in [0.5, 0.6) is 11.5 Å². The molecule has 5 heteroatoms. The lowest BCUT2D eigenvalue weighted by Crippen LogP contribution is -2.08. The third-order valence-corrected chi connectivity index (χ3v) is 3.54. The molecular formula is C18H16N2O3. The molecule has 116 valence electrons. The second-order valence-electron chi connectivity index (χ2n) is 5.20. The number of nitrogens with one attached hydrogen (secondary N) is 1. The van der Waals surface area contributed by atoms with Crippen LogP contribution in [-0.2, 0) is 0 Å². The summed E-state index contributed by atoms with van der Waals surface area (Å²) in [6, 6.07) is 14.0. The van der Waals surface area contributed by atoms with Gasteiger partial charge in [0.25, 0.3) is 5.56 Å². The van der Waals surface area contributed by atoms with Gasteiger partial charge in [-0.15, -0.1) is 0 Å². The van der Waals surface area contributed by atoms with Gasteiger partial charge in [-0.3, -0.25) is 4.79 Å². The molecule has 0 aliphatic carbocycles. The summed E-state index contributed by atoms with van der Waals surface area (Å²) in [5.41, 5.74) is 2.82. The number of aryl methyl sites for hydroxylation is 1. The maximum Gasteiger partial charge on any atom is 0.251 e. The topological polar surface area (TPSA) is 75.2 Å². The average Bonchev–Trinajstić information content (AvgIpc) is 2.55. The largest absolute Gasteiger partial charge is 0.507 e. The molecule has 0 fully saturated rings. The second kappa shape index (κ2) is 5.96. The Kier molecular flexibility index (Phi) is 3.85. The SMILES string of the molecule is COc1ccc(O)c(-c2ccc(-c3nc(C)cc(=O)[nH]3)cc2)c1. The van der Waals surface area contributed by atoms with Crippen LogP contribution in [0.4, 0.5) is 0 Å². The van der Waals surface area contributed by atoms with Crippen LogP contribution in [0.1, 0.15) is 5.69 Å². The van der Waals surface area contributed by atoms with Crippen LogP contribution in [0.25, 0.3) is 22.5 Å². The number of phenols is 1. The number of aromatic amines is 1. The van der Waals surface area contributed by atoms with E-state index in [0.717, 1.165) is 11.1 Å². The van der Waals surface area contributed by atoms with Gasteiger partial charge in [0.15, 0.2) is 0 Å². The highest BCUT2D eigenvalue weighted by atomic mass is 16.5. The molecule has 1 aromatic heterocycles. The van der Waals surface area contributed by atoms with Crippen molar-refractivity contribution in [3.63, 3.8) is 0 Å². The van der Waals surface area contributed by atoms with Gasteiger partial charge in [0.1, 0.15) is 17.3 Å².